The van der Waals surface area contributed by atoms with E-state index in [1.54, 1.807) is 6.07 Å². The van der Waals surface area contributed by atoms with Crippen LogP contribution in [0.4, 0.5) is 4.39 Å². The summed E-state index contributed by atoms with van der Waals surface area (Å²) in [5.74, 6) is -0.561. The average Bonchev–Trinajstić information content (AvgIpc) is 2.76. The van der Waals surface area contributed by atoms with Gasteiger partial charge in [-0.15, -0.1) is 0 Å². The number of morpholine rings is 1. The van der Waals surface area contributed by atoms with Gasteiger partial charge in [0.1, 0.15) is 5.82 Å². The lowest BCUT2D eigenvalue weighted by molar-refractivity contribution is -0.0576. The molecule has 1 aliphatic heterocycles. The van der Waals surface area contributed by atoms with E-state index < -0.39 is 6.10 Å². The van der Waals surface area contributed by atoms with Crippen LogP contribution in [0.3, 0.4) is 0 Å². The Balaban J connectivity index is 1.81. The number of aliphatic hydroxyl groups is 1. The van der Waals surface area contributed by atoms with Gasteiger partial charge in [-0.05, 0) is 34.4 Å². The van der Waals surface area contributed by atoms with Crippen LogP contribution in [-0.2, 0) is 4.74 Å². The zero-order chi connectivity index (χ0) is 19.3. The number of benzene rings is 3. The third kappa shape index (κ3) is 3.99. The fourth-order valence-corrected chi connectivity index (χ4v) is 3.93. The Morgan fingerprint density at radius 2 is 1.75 bits per heavy atom. The third-order valence-corrected chi connectivity index (χ3v) is 5.27. The second kappa shape index (κ2) is 8.65. The molecule has 28 heavy (non-hydrogen) atoms. The Morgan fingerprint density at radius 3 is 2.50 bits per heavy atom. The minimum Gasteiger partial charge on any atom is -0.389 e. The second-order valence-electron chi connectivity index (χ2n) is 7.09. The van der Waals surface area contributed by atoms with E-state index in [1.165, 1.54) is 12.1 Å². The molecule has 3 atom stereocenters. The summed E-state index contributed by atoms with van der Waals surface area (Å²) in [6.45, 7) is 1.97. The quantitative estimate of drug-likeness (QED) is 0.707. The predicted molar refractivity (Wildman–Crippen MR) is 109 cm³/mol. The molecule has 1 heterocycles. The highest BCUT2D eigenvalue weighted by molar-refractivity contribution is 5.69. The van der Waals surface area contributed by atoms with Crippen molar-refractivity contribution in [1.82, 2.24) is 5.32 Å². The average molecular weight is 377 g/mol. The Kier molecular flexibility index (Phi) is 5.81. The van der Waals surface area contributed by atoms with Crippen LogP contribution in [0.1, 0.15) is 17.0 Å². The third-order valence-electron chi connectivity index (χ3n) is 5.27. The molecule has 0 saturated carbocycles. The van der Waals surface area contributed by atoms with E-state index in [1.807, 2.05) is 60.7 Å². The van der Waals surface area contributed by atoms with Crippen LogP contribution in [0.15, 0.2) is 78.9 Å². The first-order valence-corrected chi connectivity index (χ1v) is 9.64. The van der Waals surface area contributed by atoms with Gasteiger partial charge in [-0.2, -0.15) is 0 Å². The summed E-state index contributed by atoms with van der Waals surface area (Å²) in [4.78, 5) is 0. The standard InChI is InChI=1S/C24H24FNO2/c25-19-10-6-9-18(15-19)20-11-4-5-12-21(20)23(17-7-2-1-3-8-17)24(27)22-16-26-13-14-28-22/h1-12,15,22-24,26-27H,13-14,16H2. The summed E-state index contributed by atoms with van der Waals surface area (Å²) in [5, 5.41) is 14.6. The molecular formula is C24H24FNO2. The first-order chi connectivity index (χ1) is 13.7. The molecule has 4 rings (SSSR count). The minimum atomic E-state index is -0.732. The molecule has 3 aromatic rings. The molecule has 1 fully saturated rings. The van der Waals surface area contributed by atoms with Crippen molar-refractivity contribution in [2.45, 2.75) is 18.1 Å². The molecule has 1 aliphatic rings. The highest BCUT2D eigenvalue weighted by Crippen LogP contribution is 2.37. The van der Waals surface area contributed by atoms with Crippen molar-refractivity contribution in [3.63, 3.8) is 0 Å². The largest absolute Gasteiger partial charge is 0.389 e. The van der Waals surface area contributed by atoms with Crippen molar-refractivity contribution in [2.24, 2.45) is 0 Å². The lowest BCUT2D eigenvalue weighted by atomic mass is 9.80. The Morgan fingerprint density at radius 1 is 0.964 bits per heavy atom. The van der Waals surface area contributed by atoms with Gasteiger partial charge in [0.2, 0.25) is 0 Å². The van der Waals surface area contributed by atoms with Crippen LogP contribution < -0.4 is 5.32 Å². The number of aliphatic hydroxyl groups excluding tert-OH is 1. The van der Waals surface area contributed by atoms with E-state index in [4.69, 9.17) is 4.74 Å². The van der Waals surface area contributed by atoms with Crippen molar-refractivity contribution < 1.29 is 14.2 Å². The first-order valence-electron chi connectivity index (χ1n) is 9.64. The van der Waals surface area contributed by atoms with Gasteiger partial charge in [0.25, 0.3) is 0 Å². The molecule has 0 aromatic heterocycles. The van der Waals surface area contributed by atoms with E-state index in [9.17, 15) is 9.50 Å². The maximum Gasteiger partial charge on any atom is 0.123 e. The fourth-order valence-electron chi connectivity index (χ4n) is 3.93. The first kappa shape index (κ1) is 18.8. The van der Waals surface area contributed by atoms with E-state index in [0.717, 1.165) is 28.8 Å². The lowest BCUT2D eigenvalue weighted by Gasteiger charge is -2.34. The summed E-state index contributed by atoms with van der Waals surface area (Å²) < 4.78 is 19.7. The van der Waals surface area contributed by atoms with Crippen LogP contribution in [-0.4, -0.2) is 37.0 Å². The number of hydrogen-bond acceptors (Lipinski definition) is 3. The van der Waals surface area contributed by atoms with Crippen molar-refractivity contribution in [3.8, 4) is 11.1 Å². The Hall–Kier alpha value is -2.53. The summed E-state index contributed by atoms with van der Waals surface area (Å²) >= 11 is 0. The molecule has 3 aromatic carbocycles. The monoisotopic (exact) mass is 377 g/mol. The zero-order valence-corrected chi connectivity index (χ0v) is 15.6. The van der Waals surface area contributed by atoms with Crippen molar-refractivity contribution in [2.75, 3.05) is 19.7 Å². The van der Waals surface area contributed by atoms with Crippen LogP contribution >= 0.6 is 0 Å². The van der Waals surface area contributed by atoms with E-state index in [0.29, 0.717) is 13.2 Å². The molecular weight excluding hydrogens is 353 g/mol. The van der Waals surface area contributed by atoms with Crippen LogP contribution in [0.5, 0.6) is 0 Å². The van der Waals surface area contributed by atoms with E-state index in [2.05, 4.69) is 5.32 Å². The highest BCUT2D eigenvalue weighted by atomic mass is 19.1. The number of nitrogens with one attached hydrogen (secondary N) is 1. The van der Waals surface area contributed by atoms with Gasteiger partial charge >= 0.3 is 0 Å². The Bertz CT molecular complexity index is 909. The van der Waals surface area contributed by atoms with E-state index >= 15 is 0 Å². The SMILES string of the molecule is OC(C1CNCCO1)C(c1ccccc1)c1ccccc1-c1cccc(F)c1. The van der Waals surface area contributed by atoms with Crippen LogP contribution in [0.2, 0.25) is 0 Å². The van der Waals surface area contributed by atoms with Crippen LogP contribution in [0, 0.1) is 5.82 Å². The second-order valence-corrected chi connectivity index (χ2v) is 7.09. The van der Waals surface area contributed by atoms with Crippen molar-refractivity contribution in [3.05, 3.63) is 95.8 Å². The van der Waals surface area contributed by atoms with Crippen molar-refractivity contribution >= 4 is 0 Å². The molecule has 2 N–H and O–H groups in total. The maximum absolute atomic E-state index is 13.9. The molecule has 144 valence electrons. The molecule has 0 aliphatic carbocycles. The molecule has 0 bridgehead atoms. The van der Waals surface area contributed by atoms with Gasteiger partial charge in [-0.1, -0.05) is 66.7 Å². The summed E-state index contributed by atoms with van der Waals surface area (Å²) in [5.41, 5.74) is 3.68. The lowest BCUT2D eigenvalue weighted by Crippen LogP contribution is -2.47. The Labute approximate surface area is 164 Å². The number of ether oxygens (including phenoxy) is 1. The van der Waals surface area contributed by atoms with Gasteiger partial charge in [0.15, 0.2) is 0 Å². The molecule has 0 spiro atoms. The van der Waals surface area contributed by atoms with Gasteiger partial charge in [-0.3, -0.25) is 0 Å². The van der Waals surface area contributed by atoms with E-state index in [-0.39, 0.29) is 17.8 Å². The normalized spacial score (nSPS) is 19.1. The minimum absolute atomic E-state index is 0.274. The number of halogens is 1. The molecule has 4 heteroatoms. The fraction of sp³-hybridized carbons (Fsp3) is 0.250. The zero-order valence-electron chi connectivity index (χ0n) is 15.6. The van der Waals surface area contributed by atoms with Gasteiger partial charge in [-0.25, -0.2) is 4.39 Å². The van der Waals surface area contributed by atoms with Crippen molar-refractivity contribution in [1.29, 1.82) is 0 Å². The topological polar surface area (TPSA) is 41.5 Å². The summed E-state index contributed by atoms with van der Waals surface area (Å²) in [7, 11) is 0. The summed E-state index contributed by atoms with van der Waals surface area (Å²) in [6.07, 6.45) is -1.04. The smallest absolute Gasteiger partial charge is 0.123 e. The van der Waals surface area contributed by atoms with Gasteiger partial charge in [0.05, 0.1) is 18.8 Å². The molecule has 3 unspecified atom stereocenters. The number of rotatable bonds is 5. The molecule has 1 saturated heterocycles. The maximum atomic E-state index is 13.9. The molecule has 0 amide bonds. The molecule has 0 radical (unpaired) electrons. The summed E-state index contributed by atoms with van der Waals surface area (Å²) in [6, 6.07) is 24.4. The number of hydrogen-bond donors (Lipinski definition) is 2. The highest BCUT2D eigenvalue weighted by Gasteiger charge is 2.33. The molecule has 3 nitrogen and oxygen atoms in total. The van der Waals surface area contributed by atoms with Gasteiger partial charge in [0, 0.05) is 19.0 Å². The van der Waals surface area contributed by atoms with Gasteiger partial charge < -0.3 is 15.2 Å². The predicted octanol–water partition coefficient (Wildman–Crippen LogP) is 3.97. The van der Waals surface area contributed by atoms with Crippen LogP contribution in [0.25, 0.3) is 11.1 Å².